The van der Waals surface area contributed by atoms with E-state index in [0.29, 0.717) is 24.7 Å². The van der Waals surface area contributed by atoms with Gasteiger partial charge in [-0.25, -0.2) is 17.8 Å². The van der Waals surface area contributed by atoms with Crippen molar-refractivity contribution in [1.82, 2.24) is 24.9 Å². The van der Waals surface area contributed by atoms with Gasteiger partial charge in [0.2, 0.25) is 15.2 Å². The molecule has 2 aromatic heterocycles. The summed E-state index contributed by atoms with van der Waals surface area (Å²) < 4.78 is 31.1. The normalized spacial score (nSPS) is 11.8. The number of rotatable bonds is 8. The number of hydrogen-bond acceptors (Lipinski definition) is 7. The Hall–Kier alpha value is -1.39. The zero-order chi connectivity index (χ0) is 14.4. The van der Waals surface area contributed by atoms with E-state index in [1.807, 2.05) is 12.1 Å². The van der Waals surface area contributed by atoms with E-state index in [2.05, 4.69) is 20.2 Å². The first kappa shape index (κ1) is 15.0. The lowest BCUT2D eigenvalue weighted by Crippen LogP contribution is -2.23. The molecule has 0 spiro atoms. The van der Waals surface area contributed by atoms with Crippen molar-refractivity contribution in [1.29, 1.82) is 0 Å². The lowest BCUT2D eigenvalue weighted by molar-refractivity contribution is 0.462. The molecule has 2 aromatic rings. The van der Waals surface area contributed by atoms with Crippen LogP contribution >= 0.6 is 11.8 Å². The summed E-state index contributed by atoms with van der Waals surface area (Å²) in [5.41, 5.74) is 0. The van der Waals surface area contributed by atoms with Gasteiger partial charge in [-0.3, -0.25) is 0 Å². The van der Waals surface area contributed by atoms with Gasteiger partial charge in [0, 0.05) is 12.3 Å². The fraction of sp³-hybridized carbons (Fsp3) is 0.500. The van der Waals surface area contributed by atoms with Gasteiger partial charge < -0.3 is 4.42 Å². The molecule has 0 unspecified atom stereocenters. The van der Waals surface area contributed by atoms with Crippen molar-refractivity contribution in [3.63, 3.8) is 0 Å². The minimum Gasteiger partial charge on any atom is -0.467 e. The molecule has 0 aliphatic carbocycles. The Kier molecular flexibility index (Phi) is 5.15. The van der Waals surface area contributed by atoms with Crippen LogP contribution in [0, 0.1) is 0 Å². The number of hydrogen-bond donors (Lipinski definition) is 1. The molecule has 0 radical (unpaired) electrons. The van der Waals surface area contributed by atoms with Gasteiger partial charge in [-0.15, -0.1) is 5.10 Å². The summed E-state index contributed by atoms with van der Waals surface area (Å²) in [5, 5.41) is 12.1. The first-order valence-corrected chi connectivity index (χ1v) is 8.78. The fourth-order valence-electron chi connectivity index (χ4n) is 1.44. The monoisotopic (exact) mass is 317 g/mol. The molecular weight excluding hydrogens is 302 g/mol. The van der Waals surface area contributed by atoms with Gasteiger partial charge in [0.1, 0.15) is 12.3 Å². The first-order chi connectivity index (χ1) is 9.54. The van der Waals surface area contributed by atoms with Crippen LogP contribution in [0.4, 0.5) is 0 Å². The third-order valence-electron chi connectivity index (χ3n) is 2.30. The number of sulfonamides is 1. The Balaban J connectivity index is 1.78. The molecule has 110 valence electrons. The molecule has 2 heterocycles. The molecule has 2 rings (SSSR count). The van der Waals surface area contributed by atoms with E-state index >= 15 is 0 Å². The van der Waals surface area contributed by atoms with Crippen LogP contribution < -0.4 is 4.72 Å². The van der Waals surface area contributed by atoms with E-state index < -0.39 is 10.0 Å². The number of nitrogens with one attached hydrogen (secondary N) is 1. The van der Waals surface area contributed by atoms with Gasteiger partial charge >= 0.3 is 0 Å². The largest absolute Gasteiger partial charge is 0.467 e. The Morgan fingerprint density at radius 3 is 3.05 bits per heavy atom. The van der Waals surface area contributed by atoms with Crippen LogP contribution in [0.3, 0.4) is 0 Å². The number of aromatic nitrogens is 4. The van der Waals surface area contributed by atoms with Gasteiger partial charge in [-0.05, 0) is 29.0 Å². The van der Waals surface area contributed by atoms with Crippen molar-refractivity contribution in [2.45, 2.75) is 18.1 Å². The van der Waals surface area contributed by atoms with Crippen LogP contribution in [0.2, 0.25) is 0 Å². The summed E-state index contributed by atoms with van der Waals surface area (Å²) in [7, 11) is -3.12. The number of tetrazole rings is 1. The maximum atomic E-state index is 10.9. The van der Waals surface area contributed by atoms with Crippen molar-refractivity contribution in [2.75, 3.05) is 18.6 Å². The lowest BCUT2D eigenvalue weighted by atomic mass is 10.4. The molecule has 8 nitrogen and oxygen atoms in total. The second kappa shape index (κ2) is 6.86. The second-order valence-electron chi connectivity index (χ2n) is 4.07. The highest BCUT2D eigenvalue weighted by atomic mass is 32.2. The zero-order valence-electron chi connectivity index (χ0n) is 10.9. The van der Waals surface area contributed by atoms with Gasteiger partial charge in [0.15, 0.2) is 0 Å². The highest BCUT2D eigenvalue weighted by Gasteiger charge is 2.08. The molecular formula is C10H15N5O3S2. The molecule has 0 aromatic carbocycles. The van der Waals surface area contributed by atoms with E-state index in [9.17, 15) is 8.42 Å². The van der Waals surface area contributed by atoms with Crippen LogP contribution in [-0.2, 0) is 16.6 Å². The van der Waals surface area contributed by atoms with Crippen molar-refractivity contribution in [2.24, 2.45) is 0 Å². The molecule has 0 fully saturated rings. The van der Waals surface area contributed by atoms with Gasteiger partial charge in [-0.1, -0.05) is 11.8 Å². The molecule has 0 atom stereocenters. The summed E-state index contributed by atoms with van der Waals surface area (Å²) in [6.45, 7) is 0.884. The number of furan rings is 1. The average molecular weight is 317 g/mol. The minimum absolute atomic E-state index is 0.408. The lowest BCUT2D eigenvalue weighted by Gasteiger charge is -2.03. The van der Waals surface area contributed by atoms with E-state index in [0.717, 1.165) is 17.8 Å². The van der Waals surface area contributed by atoms with Gasteiger partial charge in [0.25, 0.3) is 0 Å². The van der Waals surface area contributed by atoms with E-state index in [1.54, 1.807) is 10.9 Å². The topological polar surface area (TPSA) is 103 Å². The van der Waals surface area contributed by atoms with Crippen LogP contribution in [0.15, 0.2) is 28.0 Å². The van der Waals surface area contributed by atoms with E-state index in [-0.39, 0.29) is 0 Å². The number of nitrogens with zero attached hydrogens (tertiary/aromatic N) is 4. The SMILES string of the molecule is CS(=O)(=O)NCCCSc1nnnn1Cc1ccco1. The van der Waals surface area contributed by atoms with Crippen LogP contribution in [0.1, 0.15) is 12.2 Å². The van der Waals surface area contributed by atoms with E-state index in [4.69, 9.17) is 4.42 Å². The average Bonchev–Trinajstić information content (AvgIpc) is 3.00. The highest BCUT2D eigenvalue weighted by Crippen LogP contribution is 2.15. The quantitative estimate of drug-likeness (QED) is 0.553. The predicted molar refractivity (Wildman–Crippen MR) is 73.8 cm³/mol. The smallest absolute Gasteiger partial charge is 0.209 e. The van der Waals surface area contributed by atoms with Crippen LogP contribution in [0.25, 0.3) is 0 Å². The maximum absolute atomic E-state index is 10.9. The molecule has 10 heteroatoms. The first-order valence-electron chi connectivity index (χ1n) is 5.90. The Morgan fingerprint density at radius 2 is 2.35 bits per heavy atom. The maximum Gasteiger partial charge on any atom is 0.209 e. The molecule has 0 amide bonds. The Labute approximate surface area is 121 Å². The third-order valence-corrected chi connectivity index (χ3v) is 4.07. The van der Waals surface area contributed by atoms with Crippen molar-refractivity contribution >= 4 is 21.8 Å². The van der Waals surface area contributed by atoms with Crippen LogP contribution in [0.5, 0.6) is 0 Å². The fourth-order valence-corrected chi connectivity index (χ4v) is 2.77. The minimum atomic E-state index is -3.12. The molecule has 0 bridgehead atoms. The van der Waals surface area contributed by atoms with Crippen molar-refractivity contribution in [3.8, 4) is 0 Å². The number of thioether (sulfide) groups is 1. The van der Waals surface area contributed by atoms with Crippen LogP contribution in [-0.4, -0.2) is 47.2 Å². The van der Waals surface area contributed by atoms with Gasteiger partial charge in [-0.2, -0.15) is 0 Å². The Morgan fingerprint density at radius 1 is 1.50 bits per heavy atom. The predicted octanol–water partition coefficient (Wildman–Crippen LogP) is 0.346. The zero-order valence-corrected chi connectivity index (χ0v) is 12.5. The molecule has 1 N–H and O–H groups in total. The Bertz CT molecular complexity index is 623. The molecule has 0 aliphatic heterocycles. The van der Waals surface area contributed by atoms with Crippen molar-refractivity contribution < 1.29 is 12.8 Å². The summed E-state index contributed by atoms with van der Waals surface area (Å²) in [6.07, 6.45) is 3.44. The van der Waals surface area contributed by atoms with E-state index in [1.165, 1.54) is 11.8 Å². The summed E-state index contributed by atoms with van der Waals surface area (Å²) in [5.74, 6) is 1.50. The summed E-state index contributed by atoms with van der Waals surface area (Å²) >= 11 is 1.48. The molecule has 0 aliphatic rings. The third kappa shape index (κ3) is 4.94. The standard InChI is InChI=1S/C10H15N5O3S2/c1-20(16,17)11-5-3-7-19-10-12-13-14-15(10)8-9-4-2-6-18-9/h2,4,6,11H,3,5,7-8H2,1H3. The van der Waals surface area contributed by atoms with Gasteiger partial charge in [0.05, 0.1) is 12.5 Å². The highest BCUT2D eigenvalue weighted by molar-refractivity contribution is 7.99. The summed E-state index contributed by atoms with van der Waals surface area (Å²) in [6, 6.07) is 3.66. The molecule has 0 saturated carbocycles. The van der Waals surface area contributed by atoms with Crippen molar-refractivity contribution in [3.05, 3.63) is 24.2 Å². The molecule has 0 saturated heterocycles. The molecule has 20 heavy (non-hydrogen) atoms. The second-order valence-corrected chi connectivity index (χ2v) is 6.96. The summed E-state index contributed by atoms with van der Waals surface area (Å²) in [4.78, 5) is 0.